The molecule has 0 unspecified atom stereocenters. The molecule has 14 heavy (non-hydrogen) atoms. The van der Waals surface area contributed by atoms with Crippen LogP contribution in [0.25, 0.3) is 0 Å². The lowest BCUT2D eigenvalue weighted by molar-refractivity contribution is 0.313. The lowest BCUT2D eigenvalue weighted by Crippen LogP contribution is -2.05. The number of nitrogens with one attached hydrogen (secondary N) is 1. The molecular formula is C8H12N4O2. The molecule has 0 radical (unpaired) electrons. The molecule has 0 amide bonds. The van der Waals surface area contributed by atoms with Crippen molar-refractivity contribution < 1.29 is 9.47 Å². The summed E-state index contributed by atoms with van der Waals surface area (Å²) in [5.41, 5.74) is 0. The minimum Gasteiger partial charge on any atom is -0.467 e. The predicted molar refractivity (Wildman–Crippen MR) is 51.6 cm³/mol. The Kier molecular flexibility index (Phi) is 3.66. The molecule has 6 heteroatoms. The summed E-state index contributed by atoms with van der Waals surface area (Å²) in [6.45, 7) is 3.86. The summed E-state index contributed by atoms with van der Waals surface area (Å²) in [5, 5.41) is 2.77. The third-order valence-electron chi connectivity index (χ3n) is 1.33. The van der Waals surface area contributed by atoms with Crippen LogP contribution >= 0.6 is 0 Å². The van der Waals surface area contributed by atoms with Crippen molar-refractivity contribution in [2.24, 2.45) is 0 Å². The van der Waals surface area contributed by atoms with E-state index in [0.717, 1.165) is 0 Å². The highest BCUT2D eigenvalue weighted by atomic mass is 16.5. The van der Waals surface area contributed by atoms with Crippen LogP contribution in [-0.2, 0) is 0 Å². The summed E-state index contributed by atoms with van der Waals surface area (Å²) in [7, 11) is 3.18. The van der Waals surface area contributed by atoms with Crippen molar-refractivity contribution in [2.45, 2.75) is 0 Å². The molecule has 0 atom stereocenters. The molecule has 0 bridgehead atoms. The molecule has 0 fully saturated rings. The SMILES string of the molecule is C=CCOc1nc(NC)nc(OC)n1. The summed E-state index contributed by atoms with van der Waals surface area (Å²) < 4.78 is 10.0. The molecule has 0 aliphatic rings. The van der Waals surface area contributed by atoms with Gasteiger partial charge >= 0.3 is 12.0 Å². The number of methoxy groups -OCH3 is 1. The van der Waals surface area contributed by atoms with Gasteiger partial charge in [-0.25, -0.2) is 0 Å². The zero-order valence-corrected chi connectivity index (χ0v) is 8.15. The summed E-state index contributed by atoms with van der Waals surface area (Å²) in [6.07, 6.45) is 1.61. The van der Waals surface area contributed by atoms with Crippen LogP contribution in [0, 0.1) is 0 Å². The molecule has 1 heterocycles. The molecule has 6 nitrogen and oxygen atoms in total. The average Bonchev–Trinajstić information content (AvgIpc) is 2.25. The van der Waals surface area contributed by atoms with Crippen molar-refractivity contribution >= 4 is 5.95 Å². The van der Waals surface area contributed by atoms with E-state index in [4.69, 9.17) is 9.47 Å². The Bertz CT molecular complexity index is 294. The second-order valence-electron chi connectivity index (χ2n) is 2.28. The van der Waals surface area contributed by atoms with E-state index < -0.39 is 0 Å². The second-order valence-corrected chi connectivity index (χ2v) is 2.28. The van der Waals surface area contributed by atoms with Crippen molar-refractivity contribution in [1.82, 2.24) is 15.0 Å². The summed E-state index contributed by atoms with van der Waals surface area (Å²) in [5.74, 6) is 0.399. The van der Waals surface area contributed by atoms with E-state index in [1.165, 1.54) is 7.11 Å². The highest BCUT2D eigenvalue weighted by molar-refractivity contribution is 5.26. The van der Waals surface area contributed by atoms with Crippen LogP contribution in [0.15, 0.2) is 12.7 Å². The van der Waals surface area contributed by atoms with Crippen molar-refractivity contribution in [3.05, 3.63) is 12.7 Å². The molecule has 1 rings (SSSR count). The van der Waals surface area contributed by atoms with Crippen molar-refractivity contribution in [1.29, 1.82) is 0 Å². The van der Waals surface area contributed by atoms with Crippen LogP contribution in [0.4, 0.5) is 5.95 Å². The van der Waals surface area contributed by atoms with Gasteiger partial charge in [-0.15, -0.1) is 4.98 Å². The lowest BCUT2D eigenvalue weighted by atomic mass is 10.7. The van der Waals surface area contributed by atoms with Gasteiger partial charge in [0, 0.05) is 7.05 Å². The second kappa shape index (κ2) is 5.00. The van der Waals surface area contributed by atoms with E-state index in [9.17, 15) is 0 Å². The quantitative estimate of drug-likeness (QED) is 0.691. The van der Waals surface area contributed by atoms with Crippen LogP contribution in [0.5, 0.6) is 12.0 Å². The van der Waals surface area contributed by atoms with E-state index in [-0.39, 0.29) is 12.0 Å². The zero-order chi connectivity index (χ0) is 10.4. The lowest BCUT2D eigenvalue weighted by Gasteiger charge is -2.04. The highest BCUT2D eigenvalue weighted by Crippen LogP contribution is 2.11. The van der Waals surface area contributed by atoms with Gasteiger partial charge in [0.1, 0.15) is 6.61 Å². The molecule has 0 aliphatic heterocycles. The molecule has 76 valence electrons. The van der Waals surface area contributed by atoms with E-state index in [1.54, 1.807) is 13.1 Å². The van der Waals surface area contributed by atoms with Crippen LogP contribution in [0.2, 0.25) is 0 Å². The fraction of sp³-hybridized carbons (Fsp3) is 0.375. The van der Waals surface area contributed by atoms with Gasteiger partial charge in [-0.2, -0.15) is 9.97 Å². The van der Waals surface area contributed by atoms with E-state index in [0.29, 0.717) is 12.6 Å². The average molecular weight is 196 g/mol. The van der Waals surface area contributed by atoms with Gasteiger partial charge in [0.25, 0.3) is 0 Å². The van der Waals surface area contributed by atoms with Gasteiger partial charge in [0.15, 0.2) is 0 Å². The third-order valence-corrected chi connectivity index (χ3v) is 1.33. The topological polar surface area (TPSA) is 69.2 Å². The van der Waals surface area contributed by atoms with Gasteiger partial charge in [-0.1, -0.05) is 12.7 Å². The largest absolute Gasteiger partial charge is 0.467 e. The van der Waals surface area contributed by atoms with Gasteiger partial charge in [0.05, 0.1) is 7.11 Å². The summed E-state index contributed by atoms with van der Waals surface area (Å²) >= 11 is 0. The first kappa shape index (κ1) is 10.2. The number of anilines is 1. The minimum atomic E-state index is 0.209. The Balaban J connectivity index is 2.86. The van der Waals surface area contributed by atoms with Crippen LogP contribution in [0.1, 0.15) is 0 Å². The molecule has 1 aromatic rings. The Hall–Kier alpha value is -1.85. The molecule has 1 N–H and O–H groups in total. The Morgan fingerprint density at radius 1 is 1.36 bits per heavy atom. The Labute approximate surface area is 82.0 Å². The minimum absolute atomic E-state index is 0.209. The molecular weight excluding hydrogens is 184 g/mol. The molecule has 0 aliphatic carbocycles. The predicted octanol–water partition coefficient (Wildman–Crippen LogP) is 0.487. The van der Waals surface area contributed by atoms with Crippen LogP contribution in [-0.4, -0.2) is 35.7 Å². The number of aromatic nitrogens is 3. The molecule has 0 saturated carbocycles. The smallest absolute Gasteiger partial charge is 0.324 e. The van der Waals surface area contributed by atoms with E-state index >= 15 is 0 Å². The number of ether oxygens (including phenoxy) is 2. The van der Waals surface area contributed by atoms with Crippen molar-refractivity contribution in [3.8, 4) is 12.0 Å². The number of hydrogen-bond acceptors (Lipinski definition) is 6. The first-order valence-corrected chi connectivity index (χ1v) is 4.01. The van der Waals surface area contributed by atoms with Crippen LogP contribution < -0.4 is 14.8 Å². The monoisotopic (exact) mass is 196 g/mol. The maximum absolute atomic E-state index is 5.14. The van der Waals surface area contributed by atoms with Gasteiger partial charge < -0.3 is 14.8 Å². The van der Waals surface area contributed by atoms with Gasteiger partial charge in [0.2, 0.25) is 5.95 Å². The molecule has 0 saturated heterocycles. The van der Waals surface area contributed by atoms with Gasteiger partial charge in [-0.3, -0.25) is 0 Å². The molecule has 1 aromatic heterocycles. The third kappa shape index (κ3) is 2.58. The van der Waals surface area contributed by atoms with E-state index in [2.05, 4.69) is 26.8 Å². The van der Waals surface area contributed by atoms with Gasteiger partial charge in [-0.05, 0) is 0 Å². The van der Waals surface area contributed by atoms with E-state index in [1.807, 2.05) is 0 Å². The van der Waals surface area contributed by atoms with Crippen LogP contribution in [0.3, 0.4) is 0 Å². The maximum atomic E-state index is 5.14. The number of rotatable bonds is 5. The van der Waals surface area contributed by atoms with Crippen molar-refractivity contribution in [3.63, 3.8) is 0 Å². The maximum Gasteiger partial charge on any atom is 0.324 e. The number of hydrogen-bond donors (Lipinski definition) is 1. The first-order valence-electron chi connectivity index (χ1n) is 4.01. The summed E-state index contributed by atoms with van der Waals surface area (Å²) in [4.78, 5) is 11.8. The fourth-order valence-electron chi connectivity index (χ4n) is 0.739. The Morgan fingerprint density at radius 2 is 2.07 bits per heavy atom. The zero-order valence-electron chi connectivity index (χ0n) is 8.15. The highest BCUT2D eigenvalue weighted by Gasteiger charge is 2.05. The molecule has 0 aromatic carbocycles. The standard InChI is InChI=1S/C8H12N4O2/c1-4-5-14-8-11-6(9-2)10-7(12-8)13-3/h4H,1,5H2,2-3H3,(H,9,10,11,12). The molecule has 0 spiro atoms. The normalized spacial score (nSPS) is 9.29. The Morgan fingerprint density at radius 3 is 2.64 bits per heavy atom. The first-order chi connectivity index (χ1) is 6.80. The number of nitrogens with zero attached hydrogens (tertiary/aromatic N) is 3. The van der Waals surface area contributed by atoms with Crippen molar-refractivity contribution in [2.75, 3.05) is 26.1 Å². The fourth-order valence-corrected chi connectivity index (χ4v) is 0.739. The summed E-state index contributed by atoms with van der Waals surface area (Å²) in [6, 6.07) is 0.421.